The van der Waals surface area contributed by atoms with E-state index in [4.69, 9.17) is 4.42 Å². The van der Waals surface area contributed by atoms with Crippen LogP contribution in [0.4, 0.5) is 0 Å². The van der Waals surface area contributed by atoms with Crippen molar-refractivity contribution in [3.63, 3.8) is 0 Å². The molecule has 1 aromatic carbocycles. The van der Waals surface area contributed by atoms with Crippen molar-refractivity contribution < 1.29 is 9.21 Å². The van der Waals surface area contributed by atoms with Crippen LogP contribution in [0.25, 0.3) is 0 Å². The van der Waals surface area contributed by atoms with E-state index >= 15 is 0 Å². The molecule has 3 rings (SSSR count). The Morgan fingerprint density at radius 2 is 1.89 bits per heavy atom. The first-order valence-corrected chi connectivity index (χ1v) is 6.22. The Morgan fingerprint density at radius 1 is 1.11 bits per heavy atom. The molecule has 3 heteroatoms. The van der Waals surface area contributed by atoms with Gasteiger partial charge in [-0.3, -0.25) is 4.79 Å². The fraction of sp³-hybridized carbons (Fsp3) is 0.267. The molecular weight excluding hydrogens is 226 g/mol. The highest BCUT2D eigenvalue weighted by atomic mass is 16.3. The Balaban J connectivity index is 1.83. The standard InChI is InChI=1S/C15H15NO2/c17-14(13-8-4-11-18-13)16-15(9-5-10-15)12-6-2-1-3-7-12/h1-4,6-8,11H,5,9-10H2,(H,16,17). The highest BCUT2D eigenvalue weighted by Gasteiger charge is 2.40. The largest absolute Gasteiger partial charge is 0.459 e. The summed E-state index contributed by atoms with van der Waals surface area (Å²) < 4.78 is 5.13. The summed E-state index contributed by atoms with van der Waals surface area (Å²) in [5.74, 6) is 0.237. The summed E-state index contributed by atoms with van der Waals surface area (Å²) in [6.07, 6.45) is 4.64. The molecule has 0 atom stereocenters. The van der Waals surface area contributed by atoms with Gasteiger partial charge in [0, 0.05) is 0 Å². The lowest BCUT2D eigenvalue weighted by Gasteiger charge is -2.42. The van der Waals surface area contributed by atoms with Crippen molar-refractivity contribution in [3.8, 4) is 0 Å². The third kappa shape index (κ3) is 1.82. The van der Waals surface area contributed by atoms with Gasteiger partial charge in [0.25, 0.3) is 5.91 Å². The Hall–Kier alpha value is -2.03. The van der Waals surface area contributed by atoms with Gasteiger partial charge in [0.05, 0.1) is 11.8 Å². The first kappa shape index (κ1) is 11.1. The van der Waals surface area contributed by atoms with E-state index in [0.717, 1.165) is 19.3 Å². The van der Waals surface area contributed by atoms with Crippen LogP contribution in [0.5, 0.6) is 0 Å². The number of hydrogen-bond donors (Lipinski definition) is 1. The Labute approximate surface area is 106 Å². The second-order valence-electron chi connectivity index (χ2n) is 4.73. The van der Waals surface area contributed by atoms with E-state index in [-0.39, 0.29) is 11.4 Å². The molecule has 1 fully saturated rings. The number of amides is 1. The van der Waals surface area contributed by atoms with Gasteiger partial charge in [-0.05, 0) is 37.0 Å². The van der Waals surface area contributed by atoms with E-state index in [2.05, 4.69) is 17.4 Å². The summed E-state index contributed by atoms with van der Waals surface area (Å²) in [7, 11) is 0. The van der Waals surface area contributed by atoms with E-state index in [1.165, 1.54) is 11.8 Å². The molecule has 1 saturated carbocycles. The molecule has 1 N–H and O–H groups in total. The normalized spacial score (nSPS) is 16.9. The molecule has 1 aromatic heterocycles. The maximum absolute atomic E-state index is 12.1. The van der Waals surface area contributed by atoms with Crippen molar-refractivity contribution in [1.82, 2.24) is 5.32 Å². The van der Waals surface area contributed by atoms with E-state index in [9.17, 15) is 4.79 Å². The lowest BCUT2D eigenvalue weighted by molar-refractivity contribution is 0.0794. The monoisotopic (exact) mass is 241 g/mol. The smallest absolute Gasteiger partial charge is 0.287 e. The van der Waals surface area contributed by atoms with Gasteiger partial charge >= 0.3 is 0 Å². The third-order valence-electron chi connectivity index (χ3n) is 3.63. The number of carbonyl (C=O) groups excluding carboxylic acids is 1. The Bertz CT molecular complexity index is 527. The molecule has 92 valence electrons. The van der Waals surface area contributed by atoms with Gasteiger partial charge in [-0.2, -0.15) is 0 Å². The van der Waals surface area contributed by atoms with Crippen molar-refractivity contribution >= 4 is 5.91 Å². The molecule has 1 heterocycles. The number of benzene rings is 1. The van der Waals surface area contributed by atoms with E-state index in [1.807, 2.05) is 18.2 Å². The van der Waals surface area contributed by atoms with Crippen LogP contribution >= 0.6 is 0 Å². The number of furan rings is 1. The lowest BCUT2D eigenvalue weighted by atomic mass is 9.71. The van der Waals surface area contributed by atoms with Crippen molar-refractivity contribution in [3.05, 3.63) is 60.1 Å². The van der Waals surface area contributed by atoms with Crippen molar-refractivity contribution in [1.29, 1.82) is 0 Å². The zero-order chi connectivity index (χ0) is 12.4. The second kappa shape index (κ2) is 4.33. The lowest BCUT2D eigenvalue weighted by Crippen LogP contribution is -2.50. The fourth-order valence-electron chi connectivity index (χ4n) is 2.46. The predicted octanol–water partition coefficient (Wildman–Crippen LogP) is 3.09. The average molecular weight is 241 g/mol. The van der Waals surface area contributed by atoms with Crippen molar-refractivity contribution in [2.24, 2.45) is 0 Å². The SMILES string of the molecule is O=C(NC1(c2ccccc2)CCC1)c1ccco1. The first-order valence-electron chi connectivity index (χ1n) is 6.22. The molecule has 0 spiro atoms. The van der Waals surface area contributed by atoms with Crippen LogP contribution < -0.4 is 5.32 Å². The molecule has 1 amide bonds. The van der Waals surface area contributed by atoms with Crippen LogP contribution in [0.3, 0.4) is 0 Å². The zero-order valence-corrected chi connectivity index (χ0v) is 10.1. The first-order chi connectivity index (χ1) is 8.80. The number of hydrogen-bond acceptors (Lipinski definition) is 2. The molecular formula is C15H15NO2. The minimum atomic E-state index is -0.203. The van der Waals surface area contributed by atoms with Crippen LogP contribution in [-0.4, -0.2) is 5.91 Å². The molecule has 1 aliphatic rings. The topological polar surface area (TPSA) is 42.2 Å². The minimum absolute atomic E-state index is 0.136. The summed E-state index contributed by atoms with van der Waals surface area (Å²) in [6, 6.07) is 13.6. The van der Waals surface area contributed by atoms with Gasteiger partial charge in [0.1, 0.15) is 0 Å². The summed E-state index contributed by atoms with van der Waals surface area (Å²) >= 11 is 0. The average Bonchev–Trinajstić information content (AvgIpc) is 2.88. The van der Waals surface area contributed by atoms with Crippen molar-refractivity contribution in [2.45, 2.75) is 24.8 Å². The van der Waals surface area contributed by atoms with E-state index in [1.54, 1.807) is 12.1 Å². The maximum Gasteiger partial charge on any atom is 0.287 e. The fourth-order valence-corrected chi connectivity index (χ4v) is 2.46. The van der Waals surface area contributed by atoms with Crippen LogP contribution in [0, 0.1) is 0 Å². The molecule has 0 radical (unpaired) electrons. The van der Waals surface area contributed by atoms with Crippen LogP contribution in [0.15, 0.2) is 53.1 Å². The van der Waals surface area contributed by atoms with Gasteiger partial charge < -0.3 is 9.73 Å². The van der Waals surface area contributed by atoms with Crippen LogP contribution in [-0.2, 0) is 5.54 Å². The maximum atomic E-state index is 12.1. The quantitative estimate of drug-likeness (QED) is 0.897. The number of carbonyl (C=O) groups is 1. The molecule has 0 aliphatic heterocycles. The summed E-state index contributed by atoms with van der Waals surface area (Å²) in [4.78, 5) is 12.1. The predicted molar refractivity (Wildman–Crippen MR) is 68.1 cm³/mol. The van der Waals surface area contributed by atoms with Gasteiger partial charge in [0.15, 0.2) is 5.76 Å². The minimum Gasteiger partial charge on any atom is -0.459 e. The molecule has 2 aromatic rings. The molecule has 0 bridgehead atoms. The molecule has 3 nitrogen and oxygen atoms in total. The van der Waals surface area contributed by atoms with Crippen LogP contribution in [0.2, 0.25) is 0 Å². The zero-order valence-electron chi connectivity index (χ0n) is 10.1. The summed E-state index contributed by atoms with van der Waals surface area (Å²) in [6.45, 7) is 0. The van der Waals surface area contributed by atoms with Crippen LogP contribution in [0.1, 0.15) is 35.4 Å². The van der Waals surface area contributed by atoms with Gasteiger partial charge in [0.2, 0.25) is 0 Å². The Morgan fingerprint density at radius 3 is 2.44 bits per heavy atom. The molecule has 1 aliphatic carbocycles. The molecule has 0 saturated heterocycles. The third-order valence-corrected chi connectivity index (χ3v) is 3.63. The summed E-state index contributed by atoms with van der Waals surface area (Å²) in [5, 5.41) is 3.12. The summed E-state index contributed by atoms with van der Waals surface area (Å²) in [5.41, 5.74) is 0.974. The number of rotatable bonds is 3. The number of nitrogens with one attached hydrogen (secondary N) is 1. The van der Waals surface area contributed by atoms with E-state index in [0.29, 0.717) is 5.76 Å². The Kier molecular flexibility index (Phi) is 2.67. The highest BCUT2D eigenvalue weighted by molar-refractivity contribution is 5.92. The molecule has 18 heavy (non-hydrogen) atoms. The van der Waals surface area contributed by atoms with Crippen molar-refractivity contribution in [2.75, 3.05) is 0 Å². The highest BCUT2D eigenvalue weighted by Crippen LogP contribution is 2.41. The van der Waals surface area contributed by atoms with Gasteiger partial charge in [-0.25, -0.2) is 0 Å². The molecule has 0 unspecified atom stereocenters. The van der Waals surface area contributed by atoms with Gasteiger partial charge in [-0.15, -0.1) is 0 Å². The second-order valence-corrected chi connectivity index (χ2v) is 4.73. The van der Waals surface area contributed by atoms with Gasteiger partial charge in [-0.1, -0.05) is 30.3 Å². The van der Waals surface area contributed by atoms with E-state index < -0.39 is 0 Å².